The Bertz CT molecular complexity index is 291. The highest BCUT2D eigenvalue weighted by Crippen LogP contribution is 2.27. The fourth-order valence-electron chi connectivity index (χ4n) is 3.28. The van der Waals surface area contributed by atoms with Gasteiger partial charge in [-0.2, -0.15) is 0 Å². The normalized spacial score (nSPS) is 36.5. The molecular weight excluding hydrogens is 312 g/mol. The molecule has 0 amide bonds. The van der Waals surface area contributed by atoms with Crippen LogP contribution in [-0.2, 0) is 9.47 Å². The lowest BCUT2D eigenvalue weighted by atomic mass is 9.84. The van der Waals surface area contributed by atoms with Gasteiger partial charge in [0.15, 0.2) is 0 Å². The molecule has 0 radical (unpaired) electrons. The maximum absolute atomic E-state index is 10.3. The molecule has 0 bridgehead atoms. The second-order valence-electron chi connectivity index (χ2n) is 7.35. The molecule has 0 aliphatic heterocycles. The maximum atomic E-state index is 10.3. The van der Waals surface area contributed by atoms with Gasteiger partial charge in [0.25, 0.3) is 0 Å². The van der Waals surface area contributed by atoms with Crippen LogP contribution in [0, 0.1) is 11.8 Å². The zero-order chi connectivity index (χ0) is 18.3. The lowest BCUT2D eigenvalue weighted by Crippen LogP contribution is -2.65. The molecule has 2 unspecified atom stereocenters. The maximum Gasteiger partial charge on any atom is 0.114 e. The molecule has 24 heavy (non-hydrogen) atoms. The van der Waals surface area contributed by atoms with Gasteiger partial charge in [0, 0.05) is 13.2 Å². The van der Waals surface area contributed by atoms with E-state index in [1.165, 1.54) is 0 Å². The largest absolute Gasteiger partial charge is 0.387 e. The van der Waals surface area contributed by atoms with Crippen LogP contribution in [-0.4, -0.2) is 70.3 Å². The van der Waals surface area contributed by atoms with Crippen molar-refractivity contribution in [2.24, 2.45) is 11.8 Å². The van der Waals surface area contributed by atoms with Crippen molar-refractivity contribution in [1.82, 2.24) is 0 Å². The Balaban J connectivity index is 2.61. The Labute approximate surface area is 145 Å². The van der Waals surface area contributed by atoms with Crippen molar-refractivity contribution in [2.75, 3.05) is 13.2 Å². The highest BCUT2D eigenvalue weighted by Gasteiger charge is 2.50. The second-order valence-corrected chi connectivity index (χ2v) is 7.35. The molecule has 0 aromatic carbocycles. The monoisotopic (exact) mass is 348 g/mol. The van der Waals surface area contributed by atoms with Gasteiger partial charge in [0.05, 0.1) is 0 Å². The van der Waals surface area contributed by atoms with Crippen LogP contribution in [0.25, 0.3) is 0 Å². The van der Waals surface area contributed by atoms with Gasteiger partial charge in [-0.15, -0.1) is 0 Å². The molecule has 6 nitrogen and oxygen atoms in total. The minimum Gasteiger partial charge on any atom is -0.387 e. The number of rotatable bonds is 10. The van der Waals surface area contributed by atoms with E-state index in [9.17, 15) is 20.4 Å². The average molecular weight is 348 g/mol. The van der Waals surface area contributed by atoms with E-state index >= 15 is 0 Å². The van der Waals surface area contributed by atoms with Crippen molar-refractivity contribution in [2.45, 2.75) is 90.0 Å². The molecule has 0 saturated heterocycles. The van der Waals surface area contributed by atoms with Crippen LogP contribution >= 0.6 is 0 Å². The Hall–Kier alpha value is -0.240. The molecular formula is C18H36O6. The van der Waals surface area contributed by atoms with Crippen LogP contribution in [0.5, 0.6) is 0 Å². The highest BCUT2D eigenvalue weighted by atomic mass is 16.5. The van der Waals surface area contributed by atoms with E-state index in [1.807, 2.05) is 13.8 Å². The fourth-order valence-corrected chi connectivity index (χ4v) is 3.28. The van der Waals surface area contributed by atoms with Crippen molar-refractivity contribution < 1.29 is 29.9 Å². The van der Waals surface area contributed by atoms with E-state index in [1.54, 1.807) is 0 Å². The Morgan fingerprint density at radius 1 is 0.667 bits per heavy atom. The van der Waals surface area contributed by atoms with E-state index in [2.05, 4.69) is 13.8 Å². The van der Waals surface area contributed by atoms with Crippen LogP contribution in [0.2, 0.25) is 0 Å². The molecule has 4 N–H and O–H groups in total. The third-order valence-corrected chi connectivity index (χ3v) is 4.76. The van der Waals surface area contributed by atoms with Crippen LogP contribution in [0.15, 0.2) is 0 Å². The topological polar surface area (TPSA) is 99.4 Å². The first kappa shape index (κ1) is 21.8. The zero-order valence-corrected chi connectivity index (χ0v) is 15.5. The summed E-state index contributed by atoms with van der Waals surface area (Å²) >= 11 is 0. The Morgan fingerprint density at radius 3 is 1.21 bits per heavy atom. The Kier molecular flexibility index (Phi) is 9.71. The molecule has 0 heterocycles. The quantitative estimate of drug-likeness (QED) is 0.472. The summed E-state index contributed by atoms with van der Waals surface area (Å²) in [6.07, 6.45) is -3.17. The summed E-state index contributed by atoms with van der Waals surface area (Å²) in [5, 5.41) is 41.1. The molecule has 8 atom stereocenters. The summed E-state index contributed by atoms with van der Waals surface area (Å²) in [4.78, 5) is 0. The Morgan fingerprint density at radius 2 is 0.958 bits per heavy atom. The zero-order valence-electron chi connectivity index (χ0n) is 15.5. The van der Waals surface area contributed by atoms with Crippen LogP contribution < -0.4 is 0 Å². The highest BCUT2D eigenvalue weighted by molar-refractivity contribution is 5.00. The van der Waals surface area contributed by atoms with Gasteiger partial charge < -0.3 is 29.9 Å². The first-order valence-corrected chi connectivity index (χ1v) is 9.28. The van der Waals surface area contributed by atoms with E-state index < -0.39 is 36.6 Å². The van der Waals surface area contributed by atoms with Crippen molar-refractivity contribution >= 4 is 0 Å². The van der Waals surface area contributed by atoms with E-state index in [0.29, 0.717) is 13.2 Å². The fraction of sp³-hybridized carbons (Fsp3) is 1.00. The third-order valence-electron chi connectivity index (χ3n) is 4.76. The molecule has 1 aliphatic rings. The molecule has 6 heteroatoms. The van der Waals surface area contributed by atoms with E-state index in [4.69, 9.17) is 9.47 Å². The summed E-state index contributed by atoms with van der Waals surface area (Å²) in [7, 11) is 0. The molecule has 0 spiro atoms. The lowest BCUT2D eigenvalue weighted by Gasteiger charge is -2.43. The van der Waals surface area contributed by atoms with Crippen LogP contribution in [0.1, 0.15) is 53.4 Å². The predicted octanol–water partition coefficient (Wildman–Crippen LogP) is 1.09. The van der Waals surface area contributed by atoms with Crippen LogP contribution in [0.3, 0.4) is 0 Å². The summed E-state index contributed by atoms with van der Waals surface area (Å²) in [5.74, 6) is 0.570. The number of ether oxygens (including phenoxy) is 2. The minimum absolute atomic E-state index is 0.285. The number of aliphatic hydroxyl groups is 4. The first-order chi connectivity index (χ1) is 11.3. The summed E-state index contributed by atoms with van der Waals surface area (Å²) in [6, 6.07) is 0. The standard InChI is InChI=1S/C18H36O6/c1-5-7-11(3)9-23-17-13(19)15(21)18(16(22)14(17)20)24-10-12(4)8-6-2/h11-22H,5-10H2,1-4H3/t11?,12?,13-,14-,15-,16+,17+,18+/m1/s1. The van der Waals surface area contributed by atoms with Gasteiger partial charge in [-0.05, 0) is 24.7 Å². The van der Waals surface area contributed by atoms with Gasteiger partial charge in [-0.1, -0.05) is 40.5 Å². The summed E-state index contributed by atoms with van der Waals surface area (Å²) < 4.78 is 11.2. The minimum atomic E-state index is -1.29. The van der Waals surface area contributed by atoms with Gasteiger partial charge in [-0.3, -0.25) is 0 Å². The molecule has 1 aliphatic carbocycles. The number of hydrogen-bond donors (Lipinski definition) is 4. The van der Waals surface area contributed by atoms with E-state index in [-0.39, 0.29) is 11.8 Å². The SMILES string of the molecule is CCCC(C)CO[C@H]1[C@H](O)[C@@H](O)[C@H](OCC(C)CCC)[C@@H](O)[C@H]1O. The van der Waals surface area contributed by atoms with E-state index in [0.717, 1.165) is 25.7 Å². The second kappa shape index (κ2) is 10.7. The number of aliphatic hydroxyl groups excluding tert-OH is 4. The van der Waals surface area contributed by atoms with Crippen molar-refractivity contribution in [3.63, 3.8) is 0 Å². The van der Waals surface area contributed by atoms with Gasteiger partial charge in [0.1, 0.15) is 36.6 Å². The molecule has 1 rings (SSSR count). The summed E-state index contributed by atoms with van der Waals surface area (Å²) in [6.45, 7) is 8.94. The van der Waals surface area contributed by atoms with Gasteiger partial charge in [0.2, 0.25) is 0 Å². The van der Waals surface area contributed by atoms with Crippen molar-refractivity contribution in [3.8, 4) is 0 Å². The first-order valence-electron chi connectivity index (χ1n) is 9.28. The van der Waals surface area contributed by atoms with Gasteiger partial charge >= 0.3 is 0 Å². The lowest BCUT2D eigenvalue weighted by molar-refractivity contribution is -0.249. The van der Waals surface area contributed by atoms with Crippen molar-refractivity contribution in [3.05, 3.63) is 0 Å². The predicted molar refractivity (Wildman–Crippen MR) is 91.7 cm³/mol. The van der Waals surface area contributed by atoms with Gasteiger partial charge in [-0.25, -0.2) is 0 Å². The molecule has 1 fully saturated rings. The van der Waals surface area contributed by atoms with Crippen molar-refractivity contribution in [1.29, 1.82) is 0 Å². The van der Waals surface area contributed by atoms with Crippen LogP contribution in [0.4, 0.5) is 0 Å². The molecule has 0 aromatic rings. The number of hydrogen-bond acceptors (Lipinski definition) is 6. The third kappa shape index (κ3) is 5.93. The summed E-state index contributed by atoms with van der Waals surface area (Å²) in [5.41, 5.74) is 0. The molecule has 1 saturated carbocycles. The molecule has 0 aromatic heterocycles. The molecule has 144 valence electrons. The average Bonchev–Trinajstić information content (AvgIpc) is 2.53. The smallest absolute Gasteiger partial charge is 0.114 e.